The molecule has 2 fully saturated rings. The molecular formula is C15H24O5. The molecule has 2 heterocycles. The molecule has 0 spiro atoms. The van der Waals surface area contributed by atoms with Gasteiger partial charge in [-0.1, -0.05) is 6.42 Å². The molecule has 0 radical (unpaired) electrons. The lowest BCUT2D eigenvalue weighted by molar-refractivity contribution is -0.142. The number of rotatable bonds is 10. The Morgan fingerprint density at radius 3 is 2.55 bits per heavy atom. The van der Waals surface area contributed by atoms with E-state index in [1.165, 1.54) is 0 Å². The number of carboxylic acids is 1. The SMILES string of the molecule is O=CCC[C@H]1[C@@H](CCCCOCC(=O)O)[C@H]2CC[C@@H]1O2. The normalized spacial score (nSPS) is 31.6. The van der Waals surface area contributed by atoms with Crippen molar-refractivity contribution in [2.75, 3.05) is 13.2 Å². The standard InChI is InChI=1S/C15H24O5/c16-8-3-5-12-11(13-6-7-14(12)20-13)4-1-2-9-19-10-15(17)18/h8,11-14H,1-7,9-10H2,(H,17,18)/t11-,12+,13-,14+/m1/s1. The van der Waals surface area contributed by atoms with Crippen LogP contribution in [0.4, 0.5) is 0 Å². The van der Waals surface area contributed by atoms with E-state index in [1.54, 1.807) is 0 Å². The van der Waals surface area contributed by atoms with Gasteiger partial charge in [0.15, 0.2) is 0 Å². The van der Waals surface area contributed by atoms with Crippen LogP contribution in [0.2, 0.25) is 0 Å². The largest absolute Gasteiger partial charge is 0.480 e. The summed E-state index contributed by atoms with van der Waals surface area (Å²) in [5.41, 5.74) is 0. The molecule has 0 aromatic carbocycles. The average Bonchev–Trinajstić information content (AvgIpc) is 3.01. The lowest BCUT2D eigenvalue weighted by atomic mass is 9.75. The average molecular weight is 284 g/mol. The molecule has 2 aliphatic heterocycles. The van der Waals surface area contributed by atoms with E-state index in [0.717, 1.165) is 44.8 Å². The lowest BCUT2D eigenvalue weighted by Crippen LogP contribution is -2.27. The summed E-state index contributed by atoms with van der Waals surface area (Å²) < 4.78 is 11.0. The molecule has 0 saturated carbocycles. The van der Waals surface area contributed by atoms with E-state index in [-0.39, 0.29) is 6.61 Å². The summed E-state index contributed by atoms with van der Waals surface area (Å²) in [5, 5.41) is 8.46. The van der Waals surface area contributed by atoms with Gasteiger partial charge < -0.3 is 19.4 Å². The predicted octanol–water partition coefficient (Wildman–Crippen LogP) is 2.03. The molecule has 0 aromatic rings. The number of aliphatic carboxylic acids is 1. The molecule has 20 heavy (non-hydrogen) atoms. The topological polar surface area (TPSA) is 72.8 Å². The highest BCUT2D eigenvalue weighted by Crippen LogP contribution is 2.47. The van der Waals surface area contributed by atoms with Crippen molar-refractivity contribution in [1.82, 2.24) is 0 Å². The summed E-state index contributed by atoms with van der Waals surface area (Å²) in [6.07, 6.45) is 8.67. The molecule has 0 aliphatic carbocycles. The van der Waals surface area contributed by atoms with Crippen LogP contribution in [0.25, 0.3) is 0 Å². The van der Waals surface area contributed by atoms with Gasteiger partial charge in [0.2, 0.25) is 0 Å². The number of ether oxygens (including phenoxy) is 2. The second-order valence-electron chi connectivity index (χ2n) is 5.80. The number of aldehydes is 1. The van der Waals surface area contributed by atoms with Crippen LogP contribution in [0.15, 0.2) is 0 Å². The Hall–Kier alpha value is -0.940. The van der Waals surface area contributed by atoms with Gasteiger partial charge in [-0.2, -0.15) is 0 Å². The first-order valence-electron chi connectivity index (χ1n) is 7.61. The van der Waals surface area contributed by atoms with E-state index in [4.69, 9.17) is 14.6 Å². The summed E-state index contributed by atoms with van der Waals surface area (Å²) in [6.45, 7) is 0.298. The van der Waals surface area contributed by atoms with Crippen molar-refractivity contribution >= 4 is 12.3 Å². The van der Waals surface area contributed by atoms with Crippen molar-refractivity contribution in [2.24, 2.45) is 11.8 Å². The molecule has 0 aromatic heterocycles. The van der Waals surface area contributed by atoms with Crippen molar-refractivity contribution in [2.45, 2.75) is 57.2 Å². The highest BCUT2D eigenvalue weighted by Gasteiger charge is 2.47. The Balaban J connectivity index is 1.65. The molecule has 0 unspecified atom stereocenters. The molecule has 2 bridgehead atoms. The van der Waals surface area contributed by atoms with Gasteiger partial charge in [0.1, 0.15) is 12.9 Å². The van der Waals surface area contributed by atoms with Crippen LogP contribution in [-0.4, -0.2) is 42.8 Å². The van der Waals surface area contributed by atoms with Gasteiger partial charge in [-0.05, 0) is 43.9 Å². The molecule has 2 rings (SSSR count). The quantitative estimate of drug-likeness (QED) is 0.491. The van der Waals surface area contributed by atoms with Crippen molar-refractivity contribution < 1.29 is 24.2 Å². The maximum atomic E-state index is 10.6. The Morgan fingerprint density at radius 1 is 1.20 bits per heavy atom. The fourth-order valence-corrected chi connectivity index (χ4v) is 3.67. The van der Waals surface area contributed by atoms with Gasteiger partial charge in [0, 0.05) is 13.0 Å². The molecule has 0 amide bonds. The number of carbonyl (C=O) groups excluding carboxylic acids is 1. The van der Waals surface area contributed by atoms with Crippen LogP contribution in [0.5, 0.6) is 0 Å². The van der Waals surface area contributed by atoms with Crippen LogP contribution in [0, 0.1) is 11.8 Å². The first-order chi connectivity index (χ1) is 9.72. The third-order valence-electron chi connectivity index (χ3n) is 4.51. The van der Waals surface area contributed by atoms with E-state index in [1.807, 2.05) is 0 Å². The van der Waals surface area contributed by atoms with E-state index in [2.05, 4.69) is 0 Å². The number of hydrogen-bond acceptors (Lipinski definition) is 4. The summed E-state index contributed by atoms with van der Waals surface area (Å²) in [6, 6.07) is 0. The number of carbonyl (C=O) groups is 2. The molecule has 5 nitrogen and oxygen atoms in total. The Bertz CT molecular complexity index is 330. The summed E-state index contributed by atoms with van der Waals surface area (Å²) in [7, 11) is 0. The van der Waals surface area contributed by atoms with Gasteiger partial charge in [0.25, 0.3) is 0 Å². The van der Waals surface area contributed by atoms with E-state index in [0.29, 0.717) is 37.1 Å². The van der Waals surface area contributed by atoms with Crippen LogP contribution in [-0.2, 0) is 19.1 Å². The molecular weight excluding hydrogens is 260 g/mol. The molecule has 114 valence electrons. The van der Waals surface area contributed by atoms with Gasteiger partial charge in [-0.3, -0.25) is 0 Å². The van der Waals surface area contributed by atoms with Crippen molar-refractivity contribution in [1.29, 1.82) is 0 Å². The first kappa shape index (κ1) is 15.4. The number of unbranched alkanes of at least 4 members (excludes halogenated alkanes) is 1. The highest BCUT2D eigenvalue weighted by atomic mass is 16.5. The second-order valence-corrected chi connectivity index (χ2v) is 5.80. The fourth-order valence-electron chi connectivity index (χ4n) is 3.67. The monoisotopic (exact) mass is 284 g/mol. The minimum Gasteiger partial charge on any atom is -0.480 e. The highest BCUT2D eigenvalue weighted by molar-refractivity contribution is 5.67. The minimum absolute atomic E-state index is 0.209. The Morgan fingerprint density at radius 2 is 1.90 bits per heavy atom. The van der Waals surface area contributed by atoms with Crippen LogP contribution in [0.3, 0.4) is 0 Å². The fraction of sp³-hybridized carbons (Fsp3) is 0.867. The van der Waals surface area contributed by atoms with Crippen molar-refractivity contribution in [3.8, 4) is 0 Å². The van der Waals surface area contributed by atoms with Crippen LogP contribution in [0.1, 0.15) is 44.9 Å². The minimum atomic E-state index is -0.916. The van der Waals surface area contributed by atoms with E-state index in [9.17, 15) is 9.59 Å². The summed E-state index contributed by atoms with van der Waals surface area (Å²) in [5.74, 6) is 0.201. The zero-order valence-electron chi connectivity index (χ0n) is 11.8. The van der Waals surface area contributed by atoms with Gasteiger partial charge in [0.05, 0.1) is 12.2 Å². The Kier molecular flexibility index (Phi) is 5.98. The molecule has 2 aliphatic rings. The molecule has 1 N–H and O–H groups in total. The van der Waals surface area contributed by atoms with Gasteiger partial charge in [-0.25, -0.2) is 4.79 Å². The zero-order valence-corrected chi connectivity index (χ0v) is 11.8. The first-order valence-corrected chi connectivity index (χ1v) is 7.61. The third kappa shape index (κ3) is 4.03. The molecule has 5 heteroatoms. The molecule has 4 atom stereocenters. The smallest absolute Gasteiger partial charge is 0.329 e. The van der Waals surface area contributed by atoms with Crippen LogP contribution < -0.4 is 0 Å². The summed E-state index contributed by atoms with van der Waals surface area (Å²) >= 11 is 0. The zero-order chi connectivity index (χ0) is 14.4. The lowest BCUT2D eigenvalue weighted by Gasteiger charge is -2.27. The Labute approximate surface area is 119 Å². The van der Waals surface area contributed by atoms with E-state index < -0.39 is 5.97 Å². The maximum Gasteiger partial charge on any atom is 0.329 e. The van der Waals surface area contributed by atoms with Gasteiger partial charge in [-0.15, -0.1) is 0 Å². The van der Waals surface area contributed by atoms with Gasteiger partial charge >= 0.3 is 5.97 Å². The predicted molar refractivity (Wildman–Crippen MR) is 72.5 cm³/mol. The second kappa shape index (κ2) is 7.74. The number of carboxylic acid groups (broad SMARTS) is 1. The maximum absolute atomic E-state index is 10.6. The molecule has 2 saturated heterocycles. The van der Waals surface area contributed by atoms with Crippen molar-refractivity contribution in [3.05, 3.63) is 0 Å². The summed E-state index contributed by atoms with van der Waals surface area (Å²) in [4.78, 5) is 20.9. The number of hydrogen-bond donors (Lipinski definition) is 1. The van der Waals surface area contributed by atoms with Crippen molar-refractivity contribution in [3.63, 3.8) is 0 Å². The van der Waals surface area contributed by atoms with E-state index >= 15 is 0 Å². The van der Waals surface area contributed by atoms with Crippen LogP contribution >= 0.6 is 0 Å². The number of fused-ring (bicyclic) bond motifs is 2. The third-order valence-corrected chi connectivity index (χ3v) is 4.51.